The average Bonchev–Trinajstić information content (AvgIpc) is 2.47. The van der Waals surface area contributed by atoms with E-state index in [4.69, 9.17) is 0 Å². The van der Waals surface area contributed by atoms with E-state index >= 15 is 0 Å². The van der Waals surface area contributed by atoms with Crippen molar-refractivity contribution < 1.29 is 13.5 Å². The normalized spacial score (nSPS) is 23.4. The van der Waals surface area contributed by atoms with Crippen LogP contribution in [-0.2, 0) is 16.6 Å². The van der Waals surface area contributed by atoms with Gasteiger partial charge < -0.3 is 5.11 Å². The van der Waals surface area contributed by atoms with Crippen molar-refractivity contribution in [3.05, 3.63) is 29.8 Å². The molecule has 0 spiro atoms. The third-order valence-electron chi connectivity index (χ3n) is 4.41. The van der Waals surface area contributed by atoms with Crippen molar-refractivity contribution >= 4 is 10.0 Å². The first-order valence-electron chi connectivity index (χ1n) is 7.67. The highest BCUT2D eigenvalue weighted by Crippen LogP contribution is 2.31. The van der Waals surface area contributed by atoms with Crippen LogP contribution in [0.4, 0.5) is 0 Å². The van der Waals surface area contributed by atoms with Gasteiger partial charge in [0.25, 0.3) is 0 Å². The molecule has 21 heavy (non-hydrogen) atoms. The maximum absolute atomic E-state index is 12.6. The summed E-state index contributed by atoms with van der Waals surface area (Å²) in [5, 5.41) is 9.34. The summed E-state index contributed by atoms with van der Waals surface area (Å²) in [6.07, 6.45) is 4.21. The van der Waals surface area contributed by atoms with Gasteiger partial charge in [0.15, 0.2) is 0 Å². The molecule has 1 aliphatic rings. The smallest absolute Gasteiger partial charge is 0.241 e. The first-order chi connectivity index (χ1) is 9.95. The lowest BCUT2D eigenvalue weighted by molar-refractivity contribution is 0.226. The molecule has 1 aliphatic carbocycles. The van der Waals surface area contributed by atoms with Gasteiger partial charge in [0.1, 0.15) is 0 Å². The van der Waals surface area contributed by atoms with Crippen molar-refractivity contribution in [2.24, 2.45) is 11.8 Å². The molecule has 1 fully saturated rings. The lowest BCUT2D eigenvalue weighted by atomic mass is 9.78. The second-order valence-corrected chi connectivity index (χ2v) is 7.87. The van der Waals surface area contributed by atoms with Crippen LogP contribution in [0.5, 0.6) is 0 Å². The fourth-order valence-corrected chi connectivity index (χ4v) is 4.82. The summed E-state index contributed by atoms with van der Waals surface area (Å²) < 4.78 is 28.1. The van der Waals surface area contributed by atoms with Crippen LogP contribution in [0.1, 0.15) is 45.1 Å². The lowest BCUT2D eigenvalue weighted by Crippen LogP contribution is -2.44. The van der Waals surface area contributed by atoms with E-state index in [1.807, 2.05) is 0 Å². The zero-order chi connectivity index (χ0) is 15.5. The molecule has 0 radical (unpaired) electrons. The van der Waals surface area contributed by atoms with E-state index in [0.717, 1.165) is 19.3 Å². The molecule has 1 saturated carbocycles. The molecule has 5 heteroatoms. The van der Waals surface area contributed by atoms with Crippen molar-refractivity contribution in [1.29, 1.82) is 0 Å². The molecule has 0 aromatic heterocycles. The second kappa shape index (κ2) is 6.90. The second-order valence-electron chi connectivity index (χ2n) is 6.19. The molecule has 0 bridgehead atoms. The van der Waals surface area contributed by atoms with Gasteiger partial charge in [-0.15, -0.1) is 0 Å². The van der Waals surface area contributed by atoms with Crippen LogP contribution in [0.3, 0.4) is 0 Å². The Morgan fingerprint density at radius 1 is 1.24 bits per heavy atom. The molecule has 0 heterocycles. The summed E-state index contributed by atoms with van der Waals surface area (Å²) in [5.41, 5.74) is 0.446. The topological polar surface area (TPSA) is 66.4 Å². The number of aliphatic hydroxyl groups excluding tert-OH is 1. The molecule has 1 aromatic carbocycles. The van der Waals surface area contributed by atoms with Crippen LogP contribution < -0.4 is 4.72 Å². The van der Waals surface area contributed by atoms with Gasteiger partial charge in [0, 0.05) is 6.04 Å². The van der Waals surface area contributed by atoms with Crippen molar-refractivity contribution in [1.82, 2.24) is 4.72 Å². The maximum Gasteiger partial charge on any atom is 0.241 e. The van der Waals surface area contributed by atoms with E-state index in [2.05, 4.69) is 18.6 Å². The predicted octanol–water partition coefficient (Wildman–Crippen LogP) is 2.67. The third-order valence-corrected chi connectivity index (χ3v) is 6.01. The summed E-state index contributed by atoms with van der Waals surface area (Å²) in [5.74, 6) is 0.848. The first-order valence-corrected chi connectivity index (χ1v) is 9.15. The van der Waals surface area contributed by atoms with Crippen molar-refractivity contribution in [3.8, 4) is 0 Å². The van der Waals surface area contributed by atoms with Crippen molar-refractivity contribution in [2.45, 2.75) is 57.1 Å². The summed E-state index contributed by atoms with van der Waals surface area (Å²) >= 11 is 0. The number of benzene rings is 1. The quantitative estimate of drug-likeness (QED) is 0.878. The van der Waals surface area contributed by atoms with Gasteiger partial charge in [0.2, 0.25) is 10.0 Å². The largest absolute Gasteiger partial charge is 0.392 e. The molecule has 2 unspecified atom stereocenters. The maximum atomic E-state index is 12.6. The zero-order valence-electron chi connectivity index (χ0n) is 12.7. The molecular weight excluding hydrogens is 286 g/mol. The Balaban J connectivity index is 2.24. The SMILES string of the molecule is CC(C)C1CCCCC1NS(=O)(=O)c1ccccc1CO. The van der Waals surface area contributed by atoms with Gasteiger partial charge in [0.05, 0.1) is 11.5 Å². The Morgan fingerprint density at radius 2 is 1.90 bits per heavy atom. The summed E-state index contributed by atoms with van der Waals surface area (Å²) in [4.78, 5) is 0.195. The molecule has 2 atom stereocenters. The van der Waals surface area contributed by atoms with Crippen LogP contribution in [0.2, 0.25) is 0 Å². The predicted molar refractivity (Wildman–Crippen MR) is 83.3 cm³/mol. The third kappa shape index (κ3) is 3.84. The Bertz CT molecular complexity index is 569. The number of hydrogen-bond donors (Lipinski definition) is 2. The molecule has 2 rings (SSSR count). The Labute approximate surface area is 127 Å². The molecular formula is C16H25NO3S. The fourth-order valence-electron chi connectivity index (χ4n) is 3.26. The van der Waals surface area contributed by atoms with E-state index in [9.17, 15) is 13.5 Å². The number of sulfonamides is 1. The molecule has 2 N–H and O–H groups in total. The number of rotatable bonds is 5. The van der Waals surface area contributed by atoms with Gasteiger partial charge >= 0.3 is 0 Å². The van der Waals surface area contributed by atoms with E-state index in [0.29, 0.717) is 17.4 Å². The van der Waals surface area contributed by atoms with Crippen LogP contribution in [0, 0.1) is 11.8 Å². The summed E-state index contributed by atoms with van der Waals surface area (Å²) in [6, 6.07) is 6.63. The molecule has 4 nitrogen and oxygen atoms in total. The first kappa shape index (κ1) is 16.5. The standard InChI is InChI=1S/C16H25NO3S/c1-12(2)14-8-4-5-9-15(14)17-21(19,20)16-10-6-3-7-13(16)11-18/h3,6-7,10,12,14-15,17-18H,4-5,8-9,11H2,1-2H3. The monoisotopic (exact) mass is 311 g/mol. The van der Waals surface area contributed by atoms with Crippen LogP contribution in [-0.4, -0.2) is 19.6 Å². The molecule has 1 aromatic rings. The number of hydrogen-bond acceptors (Lipinski definition) is 3. The van der Waals surface area contributed by atoms with Crippen LogP contribution in [0.25, 0.3) is 0 Å². The fraction of sp³-hybridized carbons (Fsp3) is 0.625. The van der Waals surface area contributed by atoms with Gasteiger partial charge in [-0.1, -0.05) is 44.9 Å². The van der Waals surface area contributed by atoms with E-state index in [1.54, 1.807) is 24.3 Å². The summed E-state index contributed by atoms with van der Waals surface area (Å²) in [6.45, 7) is 4.03. The van der Waals surface area contributed by atoms with Gasteiger partial charge in [-0.3, -0.25) is 0 Å². The van der Waals surface area contributed by atoms with Gasteiger partial charge in [-0.25, -0.2) is 13.1 Å². The number of nitrogens with one attached hydrogen (secondary N) is 1. The van der Waals surface area contributed by atoms with Crippen molar-refractivity contribution in [3.63, 3.8) is 0 Å². The van der Waals surface area contributed by atoms with E-state index in [-0.39, 0.29) is 17.5 Å². The number of aliphatic hydroxyl groups is 1. The van der Waals surface area contributed by atoms with Crippen LogP contribution in [0.15, 0.2) is 29.2 Å². The van der Waals surface area contributed by atoms with Gasteiger partial charge in [-0.2, -0.15) is 0 Å². The molecule has 0 aliphatic heterocycles. The highest BCUT2D eigenvalue weighted by molar-refractivity contribution is 7.89. The lowest BCUT2D eigenvalue weighted by Gasteiger charge is -2.34. The van der Waals surface area contributed by atoms with Crippen LogP contribution >= 0.6 is 0 Å². The Hall–Kier alpha value is -0.910. The average molecular weight is 311 g/mol. The van der Waals surface area contributed by atoms with E-state index < -0.39 is 10.0 Å². The van der Waals surface area contributed by atoms with E-state index in [1.165, 1.54) is 6.42 Å². The Kier molecular flexibility index (Phi) is 5.41. The zero-order valence-corrected chi connectivity index (χ0v) is 13.6. The molecule has 118 valence electrons. The molecule has 0 amide bonds. The minimum Gasteiger partial charge on any atom is -0.392 e. The highest BCUT2D eigenvalue weighted by Gasteiger charge is 2.31. The minimum absolute atomic E-state index is 0.00417. The van der Waals surface area contributed by atoms with Gasteiger partial charge in [-0.05, 0) is 36.3 Å². The Morgan fingerprint density at radius 3 is 2.57 bits per heavy atom. The summed E-state index contributed by atoms with van der Waals surface area (Å²) in [7, 11) is -3.58. The minimum atomic E-state index is -3.58. The van der Waals surface area contributed by atoms with Crippen molar-refractivity contribution in [2.75, 3.05) is 0 Å². The molecule has 0 saturated heterocycles. The highest BCUT2D eigenvalue weighted by atomic mass is 32.2.